The third-order valence-corrected chi connectivity index (χ3v) is 6.54. The van der Waals surface area contributed by atoms with Crippen LogP contribution in [0.4, 0.5) is 8.78 Å². The van der Waals surface area contributed by atoms with Crippen LogP contribution in [0.2, 0.25) is 0 Å². The second-order valence-corrected chi connectivity index (χ2v) is 8.26. The van der Waals surface area contributed by atoms with E-state index in [0.717, 1.165) is 12.1 Å². The predicted octanol–water partition coefficient (Wildman–Crippen LogP) is -0.0507. The Morgan fingerprint density at radius 1 is 1.33 bits per heavy atom. The average molecular weight is 462 g/mol. The number of amides is 2. The largest absolute Gasteiger partial charge is 0.502 e. The molecule has 2 aromatic rings. The number of carbonyl (C=O) groups excluding carboxylic acids is 2. The van der Waals surface area contributed by atoms with Gasteiger partial charge in [-0.25, -0.2) is 13.5 Å². The standard InChI is InChI=1S/C21H20F2N4O6/c1-25-20(32)16-18(30)17(29)14(19(31)24-7-10-2-3-11(22)6-12(10)23)15-13(28)8-26(27(15)16)21(25)4-5-33-9-21/h2-3,6,13,28,30H,4-5,7-9H2,1H3,(H,24,31). The summed E-state index contributed by atoms with van der Waals surface area (Å²) in [4.78, 5) is 40.4. The van der Waals surface area contributed by atoms with Crippen LogP contribution in [0, 0.1) is 11.6 Å². The number of aliphatic hydroxyl groups is 1. The van der Waals surface area contributed by atoms with Gasteiger partial charge in [-0.3, -0.25) is 19.4 Å². The van der Waals surface area contributed by atoms with Crippen molar-refractivity contribution in [3.63, 3.8) is 0 Å². The Balaban J connectivity index is 1.60. The summed E-state index contributed by atoms with van der Waals surface area (Å²) in [6, 6.07) is 2.83. The fourth-order valence-electron chi connectivity index (χ4n) is 4.79. The van der Waals surface area contributed by atoms with Gasteiger partial charge in [0.1, 0.15) is 23.3 Å². The summed E-state index contributed by atoms with van der Waals surface area (Å²) in [5.41, 5.74) is -3.16. The molecule has 1 aromatic carbocycles. The Morgan fingerprint density at radius 3 is 2.76 bits per heavy atom. The molecule has 3 N–H and O–H groups in total. The summed E-state index contributed by atoms with van der Waals surface area (Å²) >= 11 is 0. The number of aromatic nitrogens is 1. The molecule has 2 amide bonds. The highest BCUT2D eigenvalue weighted by Crippen LogP contribution is 2.42. The van der Waals surface area contributed by atoms with Crippen LogP contribution < -0.4 is 15.8 Å². The molecule has 1 aromatic heterocycles. The number of ether oxygens (including phenoxy) is 1. The van der Waals surface area contributed by atoms with Gasteiger partial charge in [-0.2, -0.15) is 0 Å². The van der Waals surface area contributed by atoms with Gasteiger partial charge in [-0.05, 0) is 6.07 Å². The van der Waals surface area contributed by atoms with Gasteiger partial charge in [0.25, 0.3) is 11.8 Å². The number of nitrogens with zero attached hydrogens (tertiary/aromatic N) is 3. The molecule has 1 fully saturated rings. The van der Waals surface area contributed by atoms with Crippen LogP contribution >= 0.6 is 0 Å². The lowest BCUT2D eigenvalue weighted by atomic mass is 10.0. The molecule has 4 heterocycles. The minimum atomic E-state index is -1.32. The summed E-state index contributed by atoms with van der Waals surface area (Å²) in [5, 5.41) is 25.4. The van der Waals surface area contributed by atoms with Gasteiger partial charge in [-0.15, -0.1) is 0 Å². The van der Waals surface area contributed by atoms with Crippen LogP contribution in [0.1, 0.15) is 44.6 Å². The molecule has 0 aliphatic carbocycles. The van der Waals surface area contributed by atoms with Gasteiger partial charge >= 0.3 is 0 Å². The van der Waals surface area contributed by atoms with Crippen molar-refractivity contribution >= 4 is 11.8 Å². The van der Waals surface area contributed by atoms with Crippen LogP contribution in [0.5, 0.6) is 5.75 Å². The SMILES string of the molecule is CN1C(=O)c2c(O)c(=O)c(C(=O)NCc3ccc(F)cc3F)c3n2N(CC3O)C12CCOC2. The zero-order valence-corrected chi connectivity index (χ0v) is 17.5. The number of hydrogen-bond acceptors (Lipinski definition) is 7. The number of carbonyl (C=O) groups is 2. The molecule has 3 aliphatic rings. The third kappa shape index (κ3) is 2.87. The third-order valence-electron chi connectivity index (χ3n) is 6.54. The summed E-state index contributed by atoms with van der Waals surface area (Å²) in [6.45, 7) is 0.0755. The summed E-state index contributed by atoms with van der Waals surface area (Å²) < 4.78 is 33.8. The first-order valence-corrected chi connectivity index (χ1v) is 10.2. The summed E-state index contributed by atoms with van der Waals surface area (Å²) in [6.07, 6.45) is -0.906. The van der Waals surface area contributed by atoms with Gasteiger partial charge in [0.15, 0.2) is 17.1 Å². The highest BCUT2D eigenvalue weighted by molar-refractivity contribution is 6.01. The van der Waals surface area contributed by atoms with E-state index in [0.29, 0.717) is 19.1 Å². The van der Waals surface area contributed by atoms with Gasteiger partial charge in [0.2, 0.25) is 5.43 Å². The van der Waals surface area contributed by atoms with Crippen molar-refractivity contribution in [3.8, 4) is 5.75 Å². The molecule has 0 radical (unpaired) electrons. The van der Waals surface area contributed by atoms with Crippen LogP contribution in [0.3, 0.4) is 0 Å². The second kappa shape index (κ2) is 7.25. The van der Waals surface area contributed by atoms with Gasteiger partial charge in [-0.1, -0.05) is 6.07 Å². The number of hydrogen-bond donors (Lipinski definition) is 3. The lowest BCUT2D eigenvalue weighted by molar-refractivity contribution is 0.0311. The van der Waals surface area contributed by atoms with E-state index in [2.05, 4.69) is 5.32 Å². The van der Waals surface area contributed by atoms with Gasteiger partial charge in [0.05, 0.1) is 25.5 Å². The lowest BCUT2D eigenvalue weighted by Crippen LogP contribution is -2.69. The maximum absolute atomic E-state index is 13.9. The van der Waals surface area contributed by atoms with E-state index >= 15 is 0 Å². The number of fused-ring (bicyclic) bond motifs is 1. The first-order valence-electron chi connectivity index (χ1n) is 10.2. The molecule has 174 valence electrons. The topological polar surface area (TPSA) is 124 Å². The van der Waals surface area contributed by atoms with Crippen molar-refractivity contribution in [3.05, 3.63) is 62.6 Å². The first-order chi connectivity index (χ1) is 15.7. The van der Waals surface area contributed by atoms with Crippen molar-refractivity contribution in [2.45, 2.75) is 24.7 Å². The molecule has 2 atom stereocenters. The fraction of sp³-hybridized carbons (Fsp3) is 0.381. The maximum atomic E-state index is 13.9. The van der Waals surface area contributed by atoms with Crippen LogP contribution in [-0.4, -0.2) is 64.1 Å². The minimum absolute atomic E-state index is 0.0236. The van der Waals surface area contributed by atoms with E-state index in [1.165, 1.54) is 16.6 Å². The summed E-state index contributed by atoms with van der Waals surface area (Å²) in [5.74, 6) is -4.22. The number of pyridine rings is 1. The normalized spacial score (nSPS) is 23.4. The number of nitrogens with one attached hydrogen (secondary N) is 1. The molecule has 1 spiro atoms. The number of benzene rings is 1. The van der Waals surface area contributed by atoms with Gasteiger partial charge < -0.3 is 25.2 Å². The quantitative estimate of drug-likeness (QED) is 0.584. The molecule has 3 aliphatic heterocycles. The van der Waals surface area contributed by atoms with Crippen molar-refractivity contribution in [1.29, 1.82) is 0 Å². The van der Waals surface area contributed by atoms with Crippen molar-refractivity contribution in [2.75, 3.05) is 31.8 Å². The predicted molar refractivity (Wildman–Crippen MR) is 108 cm³/mol. The Kier molecular flexibility index (Phi) is 4.69. The lowest BCUT2D eigenvalue weighted by Gasteiger charge is -2.50. The Hall–Kier alpha value is -3.51. The molecule has 5 rings (SSSR count). The molecular weight excluding hydrogens is 442 g/mol. The number of aromatic hydroxyl groups is 1. The van der Waals surface area contributed by atoms with Crippen LogP contribution in [0.15, 0.2) is 23.0 Å². The monoisotopic (exact) mass is 462 g/mol. The zero-order valence-electron chi connectivity index (χ0n) is 17.5. The Morgan fingerprint density at radius 2 is 2.09 bits per heavy atom. The van der Waals surface area contributed by atoms with E-state index in [-0.39, 0.29) is 36.6 Å². The Bertz CT molecular complexity index is 1260. The van der Waals surface area contributed by atoms with E-state index in [9.17, 15) is 33.4 Å². The van der Waals surface area contributed by atoms with E-state index in [1.54, 1.807) is 5.01 Å². The molecule has 1 saturated heterocycles. The minimum Gasteiger partial charge on any atom is -0.502 e. The second-order valence-electron chi connectivity index (χ2n) is 8.26. The molecule has 33 heavy (non-hydrogen) atoms. The zero-order chi connectivity index (χ0) is 23.7. The molecule has 10 nitrogen and oxygen atoms in total. The average Bonchev–Trinajstić information content (AvgIpc) is 3.38. The highest BCUT2D eigenvalue weighted by Gasteiger charge is 2.56. The van der Waals surface area contributed by atoms with Gasteiger partial charge in [0, 0.05) is 31.6 Å². The number of rotatable bonds is 3. The molecule has 2 unspecified atom stereocenters. The maximum Gasteiger partial charge on any atom is 0.278 e. The molecule has 0 bridgehead atoms. The van der Waals surface area contributed by atoms with Crippen molar-refractivity contribution in [2.24, 2.45) is 0 Å². The van der Waals surface area contributed by atoms with Crippen molar-refractivity contribution < 1.29 is 33.3 Å². The fourth-order valence-corrected chi connectivity index (χ4v) is 4.79. The number of halogens is 2. The van der Waals surface area contributed by atoms with Crippen LogP contribution in [0.25, 0.3) is 0 Å². The van der Waals surface area contributed by atoms with E-state index < -0.39 is 52.0 Å². The number of likely N-dealkylation sites (N-methyl/N-ethyl adjacent to an activating group) is 1. The van der Waals surface area contributed by atoms with Crippen molar-refractivity contribution in [1.82, 2.24) is 14.9 Å². The molecular formula is C21H20F2N4O6. The molecule has 0 saturated carbocycles. The highest BCUT2D eigenvalue weighted by atomic mass is 19.1. The Labute approximate surface area is 185 Å². The first kappa shape index (κ1) is 21.3. The van der Waals surface area contributed by atoms with E-state index in [4.69, 9.17) is 4.74 Å². The smallest absolute Gasteiger partial charge is 0.278 e. The summed E-state index contributed by atoms with van der Waals surface area (Å²) in [7, 11) is 1.52. The number of aliphatic hydroxyl groups excluding tert-OH is 1. The molecule has 12 heteroatoms. The van der Waals surface area contributed by atoms with E-state index in [1.807, 2.05) is 0 Å². The van der Waals surface area contributed by atoms with Crippen LogP contribution in [-0.2, 0) is 11.3 Å².